The molecule has 0 unspecified atom stereocenters. The third-order valence-electron chi connectivity index (χ3n) is 2.88. The Morgan fingerprint density at radius 1 is 1.25 bits per heavy atom. The van der Waals surface area contributed by atoms with Gasteiger partial charge in [-0.2, -0.15) is 13.2 Å². The average Bonchev–Trinajstić information content (AvgIpc) is 2.37. The molecule has 6 heteroatoms. The summed E-state index contributed by atoms with van der Waals surface area (Å²) >= 11 is 3.30. The van der Waals surface area contributed by atoms with Crippen molar-refractivity contribution in [3.8, 4) is 0 Å². The SMILES string of the molecule is CC(C)N(CCCBr)C(=O)c1ccc(C(F)(F)F)cc1. The Hall–Kier alpha value is -1.04. The fourth-order valence-corrected chi connectivity index (χ4v) is 2.04. The minimum atomic E-state index is -4.38. The molecule has 1 rings (SSSR count). The molecule has 20 heavy (non-hydrogen) atoms. The van der Waals surface area contributed by atoms with Crippen LogP contribution in [0.15, 0.2) is 24.3 Å². The zero-order chi connectivity index (χ0) is 15.3. The summed E-state index contributed by atoms with van der Waals surface area (Å²) in [6, 6.07) is 4.35. The van der Waals surface area contributed by atoms with E-state index in [0.29, 0.717) is 6.54 Å². The summed E-state index contributed by atoms with van der Waals surface area (Å²) in [5.74, 6) is -0.241. The Morgan fingerprint density at radius 3 is 2.20 bits per heavy atom. The molecular weight excluding hydrogens is 335 g/mol. The molecular formula is C14H17BrF3NO. The minimum Gasteiger partial charge on any atom is -0.336 e. The van der Waals surface area contributed by atoms with Gasteiger partial charge in [-0.25, -0.2) is 0 Å². The number of rotatable bonds is 5. The van der Waals surface area contributed by atoms with E-state index in [4.69, 9.17) is 0 Å². The minimum absolute atomic E-state index is 0.00356. The maximum atomic E-state index is 12.5. The van der Waals surface area contributed by atoms with Gasteiger partial charge < -0.3 is 4.90 Å². The molecule has 112 valence electrons. The van der Waals surface area contributed by atoms with Gasteiger partial charge in [0, 0.05) is 23.5 Å². The normalized spacial score (nSPS) is 11.8. The molecule has 0 atom stereocenters. The number of carbonyl (C=O) groups is 1. The topological polar surface area (TPSA) is 20.3 Å². The highest BCUT2D eigenvalue weighted by molar-refractivity contribution is 9.09. The van der Waals surface area contributed by atoms with Crippen molar-refractivity contribution in [3.05, 3.63) is 35.4 Å². The summed E-state index contributed by atoms with van der Waals surface area (Å²) in [6.07, 6.45) is -3.58. The second-order valence-corrected chi connectivity index (χ2v) is 5.50. The van der Waals surface area contributed by atoms with Gasteiger partial charge in [0.05, 0.1) is 5.56 Å². The first kappa shape index (κ1) is 17.0. The molecule has 0 aliphatic rings. The van der Waals surface area contributed by atoms with Crippen molar-refractivity contribution < 1.29 is 18.0 Å². The molecule has 0 spiro atoms. The number of alkyl halides is 4. The summed E-state index contributed by atoms with van der Waals surface area (Å²) in [5, 5.41) is 0.774. The number of hydrogen-bond acceptors (Lipinski definition) is 1. The summed E-state index contributed by atoms with van der Waals surface area (Å²) in [7, 11) is 0. The van der Waals surface area contributed by atoms with E-state index in [0.717, 1.165) is 23.9 Å². The number of nitrogens with zero attached hydrogens (tertiary/aromatic N) is 1. The van der Waals surface area contributed by atoms with Gasteiger partial charge in [0.15, 0.2) is 0 Å². The lowest BCUT2D eigenvalue weighted by atomic mass is 10.1. The molecule has 0 saturated carbocycles. The number of amides is 1. The monoisotopic (exact) mass is 351 g/mol. The first-order chi connectivity index (χ1) is 9.27. The molecule has 2 nitrogen and oxygen atoms in total. The molecule has 1 amide bonds. The van der Waals surface area contributed by atoms with E-state index in [1.165, 1.54) is 12.1 Å². The Kier molecular flexibility index (Phi) is 6.05. The second-order valence-electron chi connectivity index (χ2n) is 4.71. The van der Waals surface area contributed by atoms with Gasteiger partial charge in [0.2, 0.25) is 0 Å². The summed E-state index contributed by atoms with van der Waals surface area (Å²) in [4.78, 5) is 13.9. The van der Waals surface area contributed by atoms with Crippen molar-refractivity contribution in [2.75, 3.05) is 11.9 Å². The van der Waals surface area contributed by atoms with Crippen molar-refractivity contribution in [3.63, 3.8) is 0 Å². The van der Waals surface area contributed by atoms with E-state index in [-0.39, 0.29) is 17.5 Å². The lowest BCUT2D eigenvalue weighted by Crippen LogP contribution is -2.37. The lowest BCUT2D eigenvalue weighted by Gasteiger charge is -2.26. The van der Waals surface area contributed by atoms with Crippen LogP contribution in [0.1, 0.15) is 36.2 Å². The molecule has 0 saturated heterocycles. The third-order valence-corrected chi connectivity index (χ3v) is 3.44. The van der Waals surface area contributed by atoms with Crippen LogP contribution in [0.3, 0.4) is 0 Å². The Morgan fingerprint density at radius 2 is 1.80 bits per heavy atom. The predicted molar refractivity (Wildman–Crippen MR) is 76.0 cm³/mol. The molecule has 0 radical (unpaired) electrons. The molecule has 0 bridgehead atoms. The lowest BCUT2D eigenvalue weighted by molar-refractivity contribution is -0.137. The van der Waals surface area contributed by atoms with E-state index in [1.807, 2.05) is 13.8 Å². The van der Waals surface area contributed by atoms with Crippen molar-refractivity contribution in [1.29, 1.82) is 0 Å². The Balaban J connectivity index is 2.89. The summed E-state index contributed by atoms with van der Waals surface area (Å²) < 4.78 is 37.4. The van der Waals surface area contributed by atoms with Crippen LogP contribution >= 0.6 is 15.9 Å². The van der Waals surface area contributed by atoms with Crippen LogP contribution in [0.2, 0.25) is 0 Å². The molecule has 1 aromatic rings. The van der Waals surface area contributed by atoms with Gasteiger partial charge in [-0.3, -0.25) is 4.79 Å². The fraction of sp³-hybridized carbons (Fsp3) is 0.500. The second kappa shape index (κ2) is 7.11. The van der Waals surface area contributed by atoms with Crippen molar-refractivity contribution in [1.82, 2.24) is 4.90 Å². The van der Waals surface area contributed by atoms with Gasteiger partial charge in [0.1, 0.15) is 0 Å². The van der Waals surface area contributed by atoms with Gasteiger partial charge in [-0.15, -0.1) is 0 Å². The van der Waals surface area contributed by atoms with Crippen molar-refractivity contribution >= 4 is 21.8 Å². The summed E-state index contributed by atoms with van der Waals surface area (Å²) in [6.45, 7) is 4.34. The predicted octanol–water partition coefficient (Wildman–Crippen LogP) is 4.34. The number of benzene rings is 1. The molecule has 0 aromatic heterocycles. The van der Waals surface area contributed by atoms with Crippen LogP contribution in [-0.2, 0) is 6.18 Å². The van der Waals surface area contributed by atoms with Crippen molar-refractivity contribution in [2.45, 2.75) is 32.5 Å². The van der Waals surface area contributed by atoms with Gasteiger partial charge in [0.25, 0.3) is 5.91 Å². The first-order valence-corrected chi connectivity index (χ1v) is 7.43. The van der Waals surface area contributed by atoms with E-state index >= 15 is 0 Å². The first-order valence-electron chi connectivity index (χ1n) is 6.31. The van der Waals surface area contributed by atoms with Gasteiger partial charge in [-0.05, 0) is 44.5 Å². The van der Waals surface area contributed by atoms with Crippen LogP contribution in [0.25, 0.3) is 0 Å². The highest BCUT2D eigenvalue weighted by Crippen LogP contribution is 2.29. The maximum Gasteiger partial charge on any atom is 0.416 e. The van der Waals surface area contributed by atoms with E-state index in [1.54, 1.807) is 4.90 Å². The molecule has 0 aliphatic heterocycles. The maximum absolute atomic E-state index is 12.5. The molecule has 1 aromatic carbocycles. The van der Waals surface area contributed by atoms with E-state index in [9.17, 15) is 18.0 Å². The highest BCUT2D eigenvalue weighted by Gasteiger charge is 2.30. The Bertz CT molecular complexity index is 443. The van der Waals surface area contributed by atoms with Gasteiger partial charge in [-0.1, -0.05) is 15.9 Å². The molecule has 0 fully saturated rings. The Labute approximate surface area is 125 Å². The zero-order valence-electron chi connectivity index (χ0n) is 11.4. The average molecular weight is 352 g/mol. The standard InChI is InChI=1S/C14H17BrF3NO/c1-10(2)19(9-3-8-15)13(20)11-4-6-12(7-5-11)14(16,17)18/h4-7,10H,3,8-9H2,1-2H3. The van der Waals surface area contributed by atoms with Crippen LogP contribution in [0, 0.1) is 0 Å². The third kappa shape index (κ3) is 4.51. The van der Waals surface area contributed by atoms with E-state index in [2.05, 4.69) is 15.9 Å². The van der Waals surface area contributed by atoms with Gasteiger partial charge >= 0.3 is 6.18 Å². The van der Waals surface area contributed by atoms with E-state index < -0.39 is 11.7 Å². The summed E-state index contributed by atoms with van der Waals surface area (Å²) in [5.41, 5.74) is -0.466. The van der Waals surface area contributed by atoms with Crippen LogP contribution in [0.5, 0.6) is 0 Å². The quantitative estimate of drug-likeness (QED) is 0.722. The van der Waals surface area contributed by atoms with Crippen LogP contribution in [-0.4, -0.2) is 28.7 Å². The van der Waals surface area contributed by atoms with Crippen LogP contribution < -0.4 is 0 Å². The van der Waals surface area contributed by atoms with Crippen molar-refractivity contribution in [2.24, 2.45) is 0 Å². The smallest absolute Gasteiger partial charge is 0.336 e. The fourth-order valence-electron chi connectivity index (χ4n) is 1.79. The number of hydrogen-bond donors (Lipinski definition) is 0. The zero-order valence-corrected chi connectivity index (χ0v) is 13.0. The molecule has 0 N–H and O–H groups in total. The largest absolute Gasteiger partial charge is 0.416 e. The molecule has 0 aliphatic carbocycles. The highest BCUT2D eigenvalue weighted by atomic mass is 79.9. The number of carbonyl (C=O) groups excluding carboxylic acids is 1. The van der Waals surface area contributed by atoms with Crippen LogP contribution in [0.4, 0.5) is 13.2 Å². The molecule has 0 heterocycles. The number of halogens is 4.